The van der Waals surface area contributed by atoms with Gasteiger partial charge in [-0.25, -0.2) is 8.42 Å². The predicted octanol–water partition coefficient (Wildman–Crippen LogP) is 5.86. The van der Waals surface area contributed by atoms with E-state index in [2.05, 4.69) is 10.0 Å². The number of ether oxygens (including phenoxy) is 1. The molecule has 35 heavy (non-hydrogen) atoms. The average Bonchev–Trinajstić information content (AvgIpc) is 2.86. The van der Waals surface area contributed by atoms with E-state index in [9.17, 15) is 13.2 Å². The highest BCUT2D eigenvalue weighted by Gasteiger charge is 2.23. The molecule has 0 aliphatic rings. The van der Waals surface area contributed by atoms with Crippen LogP contribution in [0.1, 0.15) is 22.8 Å². The first kappa shape index (κ1) is 24.0. The van der Waals surface area contributed by atoms with Crippen LogP contribution in [0.15, 0.2) is 108 Å². The van der Waals surface area contributed by atoms with Gasteiger partial charge in [-0.3, -0.25) is 9.52 Å². The summed E-state index contributed by atoms with van der Waals surface area (Å²) >= 11 is 0. The predicted molar refractivity (Wildman–Crippen MR) is 138 cm³/mol. The molecule has 1 amide bonds. The summed E-state index contributed by atoms with van der Waals surface area (Å²) in [5.74, 6) is 0.194. The smallest absolute Gasteiger partial charge is 0.270 e. The fourth-order valence-electron chi connectivity index (χ4n) is 3.63. The lowest BCUT2D eigenvalue weighted by atomic mass is 10.1. The summed E-state index contributed by atoms with van der Waals surface area (Å²) in [4.78, 5) is 13.2. The fourth-order valence-corrected chi connectivity index (χ4v) is 4.83. The molecule has 4 aromatic carbocycles. The minimum absolute atomic E-state index is 0.0956. The zero-order chi connectivity index (χ0) is 24.8. The molecule has 4 aromatic rings. The van der Waals surface area contributed by atoms with Crippen LogP contribution in [0.25, 0.3) is 0 Å². The van der Waals surface area contributed by atoms with E-state index in [1.54, 1.807) is 24.3 Å². The Balaban J connectivity index is 1.52. The third-order valence-electron chi connectivity index (χ3n) is 5.49. The maximum atomic E-state index is 13.1. The molecule has 7 heteroatoms. The minimum Gasteiger partial charge on any atom is -0.476 e. The molecule has 0 saturated carbocycles. The maximum Gasteiger partial charge on any atom is 0.270 e. The molecule has 1 unspecified atom stereocenters. The number of amides is 1. The zero-order valence-electron chi connectivity index (χ0n) is 19.4. The van der Waals surface area contributed by atoms with E-state index in [1.807, 2.05) is 80.6 Å². The van der Waals surface area contributed by atoms with Gasteiger partial charge in [0.15, 0.2) is 0 Å². The number of hydrogen-bond acceptors (Lipinski definition) is 4. The van der Waals surface area contributed by atoms with Gasteiger partial charge in [-0.15, -0.1) is 0 Å². The number of sulfonamides is 1. The number of carbonyl (C=O) groups is 1. The third-order valence-corrected chi connectivity index (χ3v) is 6.85. The molecule has 0 fully saturated rings. The number of aryl methyl sites for hydroxylation is 2. The van der Waals surface area contributed by atoms with Gasteiger partial charge in [0.25, 0.3) is 15.9 Å². The van der Waals surface area contributed by atoms with Crippen LogP contribution in [-0.4, -0.2) is 14.3 Å². The molecule has 178 valence electrons. The summed E-state index contributed by atoms with van der Waals surface area (Å²) in [6, 6.07) is 29.9. The molecule has 4 rings (SSSR count). The number of hydrogen-bond donors (Lipinski definition) is 2. The van der Waals surface area contributed by atoms with Gasteiger partial charge >= 0.3 is 0 Å². The van der Waals surface area contributed by atoms with Crippen LogP contribution >= 0.6 is 0 Å². The quantitative estimate of drug-likeness (QED) is 0.327. The number of nitrogens with one attached hydrogen (secondary N) is 2. The average molecular weight is 487 g/mol. The monoisotopic (exact) mass is 486 g/mol. The van der Waals surface area contributed by atoms with Gasteiger partial charge in [0.2, 0.25) is 6.10 Å². The Morgan fingerprint density at radius 2 is 1.31 bits per heavy atom. The lowest BCUT2D eigenvalue weighted by molar-refractivity contribution is -0.123. The van der Waals surface area contributed by atoms with E-state index in [0.29, 0.717) is 22.7 Å². The lowest BCUT2D eigenvalue weighted by Crippen LogP contribution is -2.25. The van der Waals surface area contributed by atoms with Crippen LogP contribution in [0.4, 0.5) is 11.4 Å². The molecular formula is C28H26N2O4S. The van der Waals surface area contributed by atoms with Crippen molar-refractivity contribution in [3.05, 3.63) is 120 Å². The van der Waals surface area contributed by atoms with Gasteiger partial charge in [-0.05, 0) is 61.4 Å². The first-order chi connectivity index (χ1) is 16.8. The summed E-state index contributed by atoms with van der Waals surface area (Å²) in [6.45, 7) is 3.70. The molecule has 0 aromatic heterocycles. The van der Waals surface area contributed by atoms with E-state index in [1.165, 1.54) is 12.1 Å². The number of para-hydroxylation sites is 2. The normalized spacial score (nSPS) is 11.9. The summed E-state index contributed by atoms with van der Waals surface area (Å²) in [6.07, 6.45) is -0.882. The molecule has 0 aliphatic carbocycles. The van der Waals surface area contributed by atoms with Crippen molar-refractivity contribution in [2.24, 2.45) is 0 Å². The first-order valence-corrected chi connectivity index (χ1v) is 12.6. The Hall–Kier alpha value is -4.10. The van der Waals surface area contributed by atoms with Gasteiger partial charge < -0.3 is 10.1 Å². The standard InChI is InChI=1S/C28H26N2O4S/c1-20-10-9-11-21(2)26(20)30-35(32,33)25-18-16-23(17-19-25)29-28(31)27(22-12-5-3-6-13-22)34-24-14-7-4-8-15-24/h3-19,27,30H,1-2H3,(H,29,31). The molecule has 0 heterocycles. The Morgan fingerprint density at radius 3 is 1.91 bits per heavy atom. The van der Waals surface area contributed by atoms with Crippen molar-refractivity contribution in [2.45, 2.75) is 24.8 Å². The topological polar surface area (TPSA) is 84.5 Å². The highest BCUT2D eigenvalue weighted by Crippen LogP contribution is 2.26. The van der Waals surface area contributed by atoms with Crippen LogP contribution in [0.5, 0.6) is 5.75 Å². The number of anilines is 2. The Morgan fingerprint density at radius 1 is 0.743 bits per heavy atom. The molecule has 1 atom stereocenters. The number of rotatable bonds is 8. The summed E-state index contributed by atoms with van der Waals surface area (Å²) in [5, 5.41) is 2.83. The first-order valence-electron chi connectivity index (χ1n) is 11.1. The molecule has 2 N–H and O–H groups in total. The van der Waals surface area contributed by atoms with Crippen LogP contribution < -0.4 is 14.8 Å². The van der Waals surface area contributed by atoms with E-state index in [4.69, 9.17) is 4.74 Å². The second-order valence-electron chi connectivity index (χ2n) is 8.11. The number of carbonyl (C=O) groups excluding carboxylic acids is 1. The van der Waals surface area contributed by atoms with E-state index < -0.39 is 16.1 Å². The van der Waals surface area contributed by atoms with Crippen LogP contribution in [0.2, 0.25) is 0 Å². The van der Waals surface area contributed by atoms with Crippen LogP contribution in [0.3, 0.4) is 0 Å². The minimum atomic E-state index is -3.79. The summed E-state index contributed by atoms with van der Waals surface area (Å²) in [5.41, 5.74) is 3.39. The molecule has 0 bridgehead atoms. The fraction of sp³-hybridized carbons (Fsp3) is 0.107. The molecular weight excluding hydrogens is 460 g/mol. The van der Waals surface area contributed by atoms with Crippen molar-refractivity contribution in [1.29, 1.82) is 0 Å². The highest BCUT2D eigenvalue weighted by molar-refractivity contribution is 7.92. The van der Waals surface area contributed by atoms with Gasteiger partial charge in [0.1, 0.15) is 5.75 Å². The SMILES string of the molecule is Cc1cccc(C)c1NS(=O)(=O)c1ccc(NC(=O)C(Oc2ccccc2)c2ccccc2)cc1. The van der Waals surface area contributed by atoms with Crippen molar-refractivity contribution >= 4 is 27.3 Å². The molecule has 6 nitrogen and oxygen atoms in total. The number of benzene rings is 4. The largest absolute Gasteiger partial charge is 0.476 e. The van der Waals surface area contributed by atoms with Gasteiger partial charge in [0, 0.05) is 11.3 Å². The second kappa shape index (κ2) is 10.4. The molecule has 0 spiro atoms. The van der Waals surface area contributed by atoms with Crippen molar-refractivity contribution < 1.29 is 17.9 Å². The molecule has 0 aliphatic heterocycles. The van der Waals surface area contributed by atoms with E-state index in [0.717, 1.165) is 11.1 Å². The highest BCUT2D eigenvalue weighted by atomic mass is 32.2. The Kier molecular flexibility index (Phi) is 7.17. The second-order valence-corrected chi connectivity index (χ2v) is 9.79. The molecule has 0 radical (unpaired) electrons. The van der Waals surface area contributed by atoms with Crippen molar-refractivity contribution in [2.75, 3.05) is 10.0 Å². The van der Waals surface area contributed by atoms with E-state index >= 15 is 0 Å². The molecule has 0 saturated heterocycles. The lowest BCUT2D eigenvalue weighted by Gasteiger charge is -2.19. The summed E-state index contributed by atoms with van der Waals surface area (Å²) in [7, 11) is -3.79. The Bertz CT molecular complexity index is 1380. The third kappa shape index (κ3) is 5.88. The van der Waals surface area contributed by atoms with E-state index in [-0.39, 0.29) is 10.8 Å². The maximum absolute atomic E-state index is 13.1. The van der Waals surface area contributed by atoms with Gasteiger partial charge in [0.05, 0.1) is 10.6 Å². The summed E-state index contributed by atoms with van der Waals surface area (Å²) < 4.78 is 34.5. The van der Waals surface area contributed by atoms with Crippen molar-refractivity contribution in [3.63, 3.8) is 0 Å². The van der Waals surface area contributed by atoms with Crippen LogP contribution in [0, 0.1) is 13.8 Å². The Labute approximate surface area is 205 Å². The van der Waals surface area contributed by atoms with Crippen molar-refractivity contribution in [1.82, 2.24) is 0 Å². The van der Waals surface area contributed by atoms with Crippen molar-refractivity contribution in [3.8, 4) is 5.75 Å². The van der Waals surface area contributed by atoms with Crippen LogP contribution in [-0.2, 0) is 14.8 Å². The van der Waals surface area contributed by atoms with Gasteiger partial charge in [-0.2, -0.15) is 0 Å². The van der Waals surface area contributed by atoms with Gasteiger partial charge in [-0.1, -0.05) is 66.7 Å². The zero-order valence-corrected chi connectivity index (χ0v) is 20.3.